The Morgan fingerprint density at radius 1 is 0.800 bits per heavy atom. The second kappa shape index (κ2) is 8.93. The lowest BCUT2D eigenvalue weighted by Crippen LogP contribution is -2.27. The third kappa shape index (κ3) is 4.48. The van der Waals surface area contributed by atoms with Crippen molar-refractivity contribution in [2.24, 2.45) is 0 Å². The first kappa shape index (κ1) is 19.2. The summed E-state index contributed by atoms with van der Waals surface area (Å²) in [5, 5.41) is 2.96. The fourth-order valence-electron chi connectivity index (χ4n) is 3.11. The molecule has 146 valence electrons. The van der Waals surface area contributed by atoms with E-state index in [1.807, 2.05) is 54.6 Å². The molecule has 30 heavy (non-hydrogen) atoms. The lowest BCUT2D eigenvalue weighted by atomic mass is 9.93. The fourth-order valence-corrected chi connectivity index (χ4v) is 3.11. The number of rotatable bonds is 5. The molecule has 0 aliphatic heterocycles. The summed E-state index contributed by atoms with van der Waals surface area (Å²) < 4.78 is 5.77. The first-order valence-corrected chi connectivity index (χ1v) is 9.60. The van der Waals surface area contributed by atoms with Crippen LogP contribution in [-0.2, 0) is 6.61 Å². The van der Waals surface area contributed by atoms with E-state index in [0.717, 1.165) is 16.9 Å². The number of ketones is 2. The van der Waals surface area contributed by atoms with E-state index in [2.05, 4.69) is 17.2 Å². The molecule has 1 N–H and O–H groups in total. The molecule has 0 heterocycles. The first-order valence-electron chi connectivity index (χ1n) is 9.60. The molecule has 3 aromatic carbocycles. The predicted molar refractivity (Wildman–Crippen MR) is 115 cm³/mol. The second-order valence-corrected chi connectivity index (χ2v) is 6.75. The van der Waals surface area contributed by atoms with Gasteiger partial charge in [0.05, 0.1) is 12.2 Å². The average molecular weight is 393 g/mol. The van der Waals surface area contributed by atoms with Crippen molar-refractivity contribution in [3.63, 3.8) is 0 Å². The van der Waals surface area contributed by atoms with E-state index >= 15 is 0 Å². The molecule has 4 rings (SSSR count). The maximum atomic E-state index is 12.5. The Kier molecular flexibility index (Phi) is 5.73. The molecule has 0 saturated heterocycles. The summed E-state index contributed by atoms with van der Waals surface area (Å²) in [6, 6.07) is 24.3. The minimum atomic E-state index is -0.188. The molecule has 0 bridgehead atoms. The van der Waals surface area contributed by atoms with E-state index in [0.29, 0.717) is 17.7 Å². The van der Waals surface area contributed by atoms with Crippen molar-refractivity contribution in [3.05, 3.63) is 113 Å². The number of nitrogens with one attached hydrogen (secondary N) is 1. The zero-order chi connectivity index (χ0) is 20.8. The van der Waals surface area contributed by atoms with Gasteiger partial charge in [-0.25, -0.2) is 0 Å². The number of fused-ring (bicyclic) bond motifs is 1. The highest BCUT2D eigenvalue weighted by Crippen LogP contribution is 2.19. The maximum absolute atomic E-state index is 12.5. The molecular formula is C26H19NO3. The van der Waals surface area contributed by atoms with E-state index in [9.17, 15) is 9.59 Å². The van der Waals surface area contributed by atoms with Crippen LogP contribution < -0.4 is 10.1 Å². The van der Waals surface area contributed by atoms with E-state index in [1.54, 1.807) is 24.3 Å². The molecule has 4 nitrogen and oxygen atoms in total. The minimum absolute atomic E-state index is 0.174. The maximum Gasteiger partial charge on any atom is 0.209 e. The molecule has 1 aliphatic carbocycles. The molecular weight excluding hydrogens is 374 g/mol. The largest absolute Gasteiger partial charge is 0.489 e. The van der Waals surface area contributed by atoms with Crippen molar-refractivity contribution in [1.29, 1.82) is 0 Å². The van der Waals surface area contributed by atoms with Gasteiger partial charge in [0.15, 0.2) is 5.78 Å². The summed E-state index contributed by atoms with van der Waals surface area (Å²) in [5.41, 5.74) is 3.09. The highest BCUT2D eigenvalue weighted by molar-refractivity contribution is 6.24. The Morgan fingerprint density at radius 3 is 2.27 bits per heavy atom. The van der Waals surface area contributed by atoms with Gasteiger partial charge in [-0.05, 0) is 29.8 Å². The van der Waals surface area contributed by atoms with E-state index in [-0.39, 0.29) is 23.8 Å². The van der Waals surface area contributed by atoms with Crippen LogP contribution in [0.3, 0.4) is 0 Å². The quantitative estimate of drug-likeness (QED) is 0.661. The summed E-state index contributed by atoms with van der Waals surface area (Å²) >= 11 is 0. The lowest BCUT2D eigenvalue weighted by molar-refractivity contribution is 0.0979. The number of Topliss-reactive ketones (excluding diaryl/α,β-unsaturated/α-hetero) is 1. The van der Waals surface area contributed by atoms with Crippen molar-refractivity contribution in [3.8, 4) is 17.6 Å². The summed E-state index contributed by atoms with van der Waals surface area (Å²) in [4.78, 5) is 24.6. The number of hydrogen-bond acceptors (Lipinski definition) is 4. The van der Waals surface area contributed by atoms with Crippen LogP contribution in [0, 0.1) is 11.8 Å². The van der Waals surface area contributed by atoms with Crippen molar-refractivity contribution in [1.82, 2.24) is 5.32 Å². The highest BCUT2D eigenvalue weighted by atomic mass is 16.5. The molecule has 0 spiro atoms. The van der Waals surface area contributed by atoms with Gasteiger partial charge in [0.25, 0.3) is 0 Å². The van der Waals surface area contributed by atoms with Crippen LogP contribution in [0.1, 0.15) is 31.8 Å². The van der Waals surface area contributed by atoms with Gasteiger partial charge >= 0.3 is 0 Å². The van der Waals surface area contributed by atoms with Crippen molar-refractivity contribution in [2.45, 2.75) is 6.61 Å². The van der Waals surface area contributed by atoms with E-state index in [4.69, 9.17) is 4.74 Å². The SMILES string of the molecule is O=C1C=C(NCC#Cc2ccc(OCc3ccccc3)cc2)C(=O)c2ccccc21. The monoisotopic (exact) mass is 393 g/mol. The second-order valence-electron chi connectivity index (χ2n) is 6.75. The van der Waals surface area contributed by atoms with Crippen LogP contribution in [0.4, 0.5) is 0 Å². The van der Waals surface area contributed by atoms with Crippen LogP contribution >= 0.6 is 0 Å². The molecule has 4 heteroatoms. The van der Waals surface area contributed by atoms with Gasteiger partial charge in [-0.3, -0.25) is 9.59 Å². The number of benzene rings is 3. The molecule has 0 radical (unpaired) electrons. The Morgan fingerprint density at radius 2 is 1.50 bits per heavy atom. The van der Waals surface area contributed by atoms with Crippen LogP contribution in [0.2, 0.25) is 0 Å². The van der Waals surface area contributed by atoms with Crippen molar-refractivity contribution >= 4 is 11.6 Å². The minimum Gasteiger partial charge on any atom is -0.489 e. The average Bonchev–Trinajstić information content (AvgIpc) is 2.80. The van der Waals surface area contributed by atoms with Gasteiger partial charge < -0.3 is 10.1 Å². The van der Waals surface area contributed by atoms with Crippen LogP contribution in [0.15, 0.2) is 90.6 Å². The number of hydrogen-bond donors (Lipinski definition) is 1. The van der Waals surface area contributed by atoms with Gasteiger partial charge in [0, 0.05) is 22.8 Å². The summed E-state index contributed by atoms with van der Waals surface area (Å²) in [5.74, 6) is 6.43. The highest BCUT2D eigenvalue weighted by Gasteiger charge is 2.24. The summed E-state index contributed by atoms with van der Waals surface area (Å²) in [6.45, 7) is 0.778. The van der Waals surface area contributed by atoms with Crippen molar-refractivity contribution in [2.75, 3.05) is 6.54 Å². The Labute approximate surface area is 175 Å². The van der Waals surface area contributed by atoms with Gasteiger partial charge in [0.2, 0.25) is 5.78 Å². The molecule has 0 aromatic heterocycles. The number of ether oxygens (including phenoxy) is 1. The molecule has 0 atom stereocenters. The van der Waals surface area contributed by atoms with Gasteiger partial charge in [-0.15, -0.1) is 0 Å². The normalized spacial score (nSPS) is 12.3. The molecule has 0 saturated carbocycles. The fraction of sp³-hybridized carbons (Fsp3) is 0.0769. The Hall–Kier alpha value is -4.10. The number of allylic oxidation sites excluding steroid dienone is 2. The van der Waals surface area contributed by atoms with Gasteiger partial charge in [0.1, 0.15) is 12.4 Å². The summed E-state index contributed by atoms with van der Waals surface area (Å²) in [6.07, 6.45) is 1.34. The third-order valence-corrected chi connectivity index (χ3v) is 4.66. The van der Waals surface area contributed by atoms with E-state index < -0.39 is 0 Å². The molecule has 0 fully saturated rings. The number of carbonyl (C=O) groups excluding carboxylic acids is 2. The van der Waals surface area contributed by atoms with Crippen LogP contribution in [-0.4, -0.2) is 18.1 Å². The topological polar surface area (TPSA) is 55.4 Å². The molecule has 0 unspecified atom stereocenters. The zero-order valence-electron chi connectivity index (χ0n) is 16.2. The zero-order valence-corrected chi connectivity index (χ0v) is 16.2. The van der Waals surface area contributed by atoms with Crippen molar-refractivity contribution < 1.29 is 14.3 Å². The van der Waals surface area contributed by atoms with Crippen LogP contribution in [0.25, 0.3) is 0 Å². The third-order valence-electron chi connectivity index (χ3n) is 4.66. The number of carbonyl (C=O) groups is 2. The molecule has 0 amide bonds. The summed E-state index contributed by atoms with van der Waals surface area (Å²) in [7, 11) is 0. The van der Waals surface area contributed by atoms with E-state index in [1.165, 1.54) is 6.08 Å². The van der Waals surface area contributed by atoms with Crippen LogP contribution in [0.5, 0.6) is 5.75 Å². The molecule has 3 aromatic rings. The van der Waals surface area contributed by atoms with Gasteiger partial charge in [-0.1, -0.05) is 66.4 Å². The smallest absolute Gasteiger partial charge is 0.209 e. The Balaban J connectivity index is 1.32. The standard InChI is InChI=1S/C26H19NO3/c28-25-17-24(26(29)23-11-5-4-10-22(23)25)27-16-6-9-19-12-14-21(15-13-19)30-18-20-7-2-1-3-8-20/h1-5,7-8,10-15,17,27H,16,18H2. The molecule has 1 aliphatic rings. The lowest BCUT2D eigenvalue weighted by Gasteiger charge is -2.15. The predicted octanol–water partition coefficient (Wildman–Crippen LogP) is 4.17. The van der Waals surface area contributed by atoms with Gasteiger partial charge in [-0.2, -0.15) is 0 Å². The first-order chi connectivity index (χ1) is 14.7. The Bertz CT molecular complexity index is 1170.